The summed E-state index contributed by atoms with van der Waals surface area (Å²) in [6, 6.07) is 15.7. The van der Waals surface area contributed by atoms with Crippen LogP contribution in [0, 0.1) is 5.41 Å². The van der Waals surface area contributed by atoms with Crippen LogP contribution in [0.1, 0.15) is 50.9 Å². The van der Waals surface area contributed by atoms with Crippen LogP contribution in [-0.2, 0) is 24.2 Å². The van der Waals surface area contributed by atoms with E-state index in [1.54, 1.807) is 9.08 Å². The van der Waals surface area contributed by atoms with Crippen LogP contribution in [-0.4, -0.2) is 42.1 Å². The number of aromatic amines is 1. The van der Waals surface area contributed by atoms with Crippen LogP contribution in [0.2, 0.25) is 0 Å². The Morgan fingerprint density at radius 3 is 2.44 bits per heavy atom. The number of benzene rings is 2. The second-order valence-corrected chi connectivity index (χ2v) is 10.9. The summed E-state index contributed by atoms with van der Waals surface area (Å²) in [6.07, 6.45) is 3.44. The Hall–Kier alpha value is -4.80. The third-order valence-corrected chi connectivity index (χ3v) is 7.01. The molecule has 5 aromatic rings. The van der Waals surface area contributed by atoms with Crippen molar-refractivity contribution >= 4 is 11.5 Å². The number of aryl methyl sites for hydroxylation is 1. The number of nitrogens with one attached hydrogen (secondary N) is 1. The molecule has 11 heteroatoms. The number of hydrogen-bond donors (Lipinski definition) is 1. The van der Waals surface area contributed by atoms with Gasteiger partial charge in [-0.25, -0.2) is 9.31 Å². The fourth-order valence-corrected chi connectivity index (χ4v) is 4.89. The van der Waals surface area contributed by atoms with Gasteiger partial charge in [-0.05, 0) is 23.1 Å². The average molecular weight is 556 g/mol. The van der Waals surface area contributed by atoms with Crippen LogP contribution in [0.4, 0.5) is 0 Å². The quantitative estimate of drug-likeness (QED) is 0.209. The molecule has 0 atom stereocenters. The van der Waals surface area contributed by atoms with E-state index in [1.807, 2.05) is 69.3 Å². The molecule has 0 saturated carbocycles. The average Bonchev–Trinajstić information content (AvgIpc) is 3.61. The molecule has 0 aliphatic carbocycles. The van der Waals surface area contributed by atoms with Gasteiger partial charge in [-0.3, -0.25) is 18.9 Å². The summed E-state index contributed by atoms with van der Waals surface area (Å²) in [6.45, 7) is 8.41. The molecule has 11 nitrogen and oxygen atoms in total. The van der Waals surface area contributed by atoms with Crippen molar-refractivity contribution in [1.29, 1.82) is 0 Å². The molecule has 1 N–H and O–H groups in total. The number of rotatable bonds is 9. The fraction of sp³-hybridized carbons (Fsp3) is 0.333. The van der Waals surface area contributed by atoms with E-state index in [1.165, 1.54) is 13.4 Å². The van der Waals surface area contributed by atoms with E-state index in [9.17, 15) is 9.59 Å². The van der Waals surface area contributed by atoms with Gasteiger partial charge in [-0.15, -0.1) is 0 Å². The van der Waals surface area contributed by atoms with Crippen LogP contribution < -0.4 is 11.3 Å². The normalized spacial score (nSPS) is 12.3. The molecule has 3 aromatic heterocycles. The molecule has 212 valence electrons. The minimum atomic E-state index is -0.605. The van der Waals surface area contributed by atoms with Crippen molar-refractivity contribution in [3.05, 3.63) is 92.6 Å². The molecule has 0 fully saturated rings. The van der Waals surface area contributed by atoms with Gasteiger partial charge in [0.2, 0.25) is 5.78 Å². The van der Waals surface area contributed by atoms with Gasteiger partial charge in [0.25, 0.3) is 5.56 Å². The van der Waals surface area contributed by atoms with Crippen LogP contribution in [0.25, 0.3) is 28.3 Å². The standard InChI is InChI=1S/C30H33N7O4/c1-6-9-24-23(27(38)36(28-31-18-32-37(24)28)17-25(34-40-5)30(2,3)4)16-19-12-14-20(15-13-19)21-10-7-8-11-22(21)26-33-29(39)41-35-26/h7-8,10-15,18H,6,9,16-17H2,1-5H3,(H,33,35,39). The van der Waals surface area contributed by atoms with Crippen molar-refractivity contribution in [1.82, 2.24) is 29.3 Å². The first-order valence-corrected chi connectivity index (χ1v) is 13.5. The second kappa shape index (κ2) is 11.4. The van der Waals surface area contributed by atoms with E-state index in [0.717, 1.165) is 40.1 Å². The van der Waals surface area contributed by atoms with Crippen LogP contribution in [0.3, 0.4) is 0 Å². The Bertz CT molecular complexity index is 1820. The van der Waals surface area contributed by atoms with Crippen molar-refractivity contribution in [2.24, 2.45) is 10.6 Å². The maximum atomic E-state index is 14.1. The highest BCUT2D eigenvalue weighted by Gasteiger charge is 2.25. The number of hydrogen-bond acceptors (Lipinski definition) is 8. The van der Waals surface area contributed by atoms with Gasteiger partial charge in [0.1, 0.15) is 13.4 Å². The molecule has 5 rings (SSSR count). The zero-order valence-electron chi connectivity index (χ0n) is 23.8. The van der Waals surface area contributed by atoms with Crippen molar-refractivity contribution in [3.63, 3.8) is 0 Å². The van der Waals surface area contributed by atoms with E-state index < -0.39 is 5.76 Å². The van der Waals surface area contributed by atoms with E-state index in [-0.39, 0.29) is 17.5 Å². The van der Waals surface area contributed by atoms with Gasteiger partial charge in [-0.1, -0.05) is 93.0 Å². The van der Waals surface area contributed by atoms with Gasteiger partial charge < -0.3 is 4.84 Å². The zero-order chi connectivity index (χ0) is 29.1. The Labute approximate surface area is 236 Å². The van der Waals surface area contributed by atoms with E-state index in [2.05, 4.69) is 32.3 Å². The highest BCUT2D eigenvalue weighted by Crippen LogP contribution is 2.30. The minimum absolute atomic E-state index is 0.119. The molecule has 0 radical (unpaired) electrons. The second-order valence-electron chi connectivity index (χ2n) is 10.9. The number of aromatic nitrogens is 6. The molecule has 0 saturated heterocycles. The van der Waals surface area contributed by atoms with Gasteiger partial charge in [-0.2, -0.15) is 10.1 Å². The Kier molecular flexibility index (Phi) is 7.69. The van der Waals surface area contributed by atoms with E-state index in [4.69, 9.17) is 9.36 Å². The van der Waals surface area contributed by atoms with Crippen LogP contribution in [0.15, 0.2) is 74.1 Å². The maximum Gasteiger partial charge on any atom is 0.439 e. The van der Waals surface area contributed by atoms with Crippen LogP contribution >= 0.6 is 0 Å². The molecule has 3 heterocycles. The molecule has 0 aliphatic rings. The lowest BCUT2D eigenvalue weighted by atomic mass is 9.90. The van der Waals surface area contributed by atoms with Crippen molar-refractivity contribution in [2.45, 2.75) is 53.5 Å². The summed E-state index contributed by atoms with van der Waals surface area (Å²) in [7, 11) is 1.50. The predicted molar refractivity (Wildman–Crippen MR) is 156 cm³/mol. The minimum Gasteiger partial charge on any atom is -0.399 e. The molecule has 0 spiro atoms. The summed E-state index contributed by atoms with van der Waals surface area (Å²) in [5, 5.41) is 12.6. The zero-order valence-corrected chi connectivity index (χ0v) is 23.8. The lowest BCUT2D eigenvalue weighted by molar-refractivity contribution is 0.207. The summed E-state index contributed by atoms with van der Waals surface area (Å²) < 4.78 is 8.12. The molecule has 41 heavy (non-hydrogen) atoms. The highest BCUT2D eigenvalue weighted by molar-refractivity contribution is 5.89. The number of H-pyrrole nitrogens is 1. The third kappa shape index (κ3) is 5.60. The first kappa shape index (κ1) is 27.8. The van der Waals surface area contributed by atoms with E-state index in [0.29, 0.717) is 30.0 Å². The first-order chi connectivity index (χ1) is 19.7. The molecule has 0 aliphatic heterocycles. The number of oxime groups is 1. The third-order valence-electron chi connectivity index (χ3n) is 7.01. The lowest BCUT2D eigenvalue weighted by Gasteiger charge is -2.22. The molecule has 2 aromatic carbocycles. The maximum absolute atomic E-state index is 14.1. The molecule has 0 unspecified atom stereocenters. The van der Waals surface area contributed by atoms with Gasteiger partial charge >= 0.3 is 5.76 Å². The number of nitrogens with zero attached hydrogens (tertiary/aromatic N) is 6. The monoisotopic (exact) mass is 555 g/mol. The van der Waals surface area contributed by atoms with Crippen molar-refractivity contribution in [3.8, 4) is 22.5 Å². The Morgan fingerprint density at radius 2 is 1.80 bits per heavy atom. The molecular weight excluding hydrogens is 522 g/mol. The van der Waals surface area contributed by atoms with Crippen LogP contribution in [0.5, 0.6) is 0 Å². The van der Waals surface area contributed by atoms with Gasteiger partial charge in [0, 0.05) is 23.0 Å². The lowest BCUT2D eigenvalue weighted by Crippen LogP contribution is -2.35. The van der Waals surface area contributed by atoms with Gasteiger partial charge in [0.05, 0.1) is 18.0 Å². The Balaban J connectivity index is 1.55. The summed E-state index contributed by atoms with van der Waals surface area (Å²) in [4.78, 5) is 37.8. The smallest absolute Gasteiger partial charge is 0.399 e. The molecule has 0 amide bonds. The topological polar surface area (TPSA) is 133 Å². The summed E-state index contributed by atoms with van der Waals surface area (Å²) in [5.41, 5.74) is 5.37. The SMILES string of the molecule is CCCc1c(Cc2ccc(-c3ccccc3-c3noc(=O)[nH]3)cc2)c(=O)n(CC(=NOC)C(C)(C)C)c2ncnn12. The highest BCUT2D eigenvalue weighted by atomic mass is 16.6. The predicted octanol–water partition coefficient (Wildman–Crippen LogP) is 4.49. The molecule has 0 bridgehead atoms. The summed E-state index contributed by atoms with van der Waals surface area (Å²) in [5.74, 6) is 0.242. The van der Waals surface area contributed by atoms with Gasteiger partial charge in [0.15, 0.2) is 5.82 Å². The first-order valence-electron chi connectivity index (χ1n) is 13.5. The van der Waals surface area contributed by atoms with Crippen molar-refractivity contribution < 1.29 is 9.36 Å². The van der Waals surface area contributed by atoms with E-state index >= 15 is 0 Å². The summed E-state index contributed by atoms with van der Waals surface area (Å²) >= 11 is 0. The largest absolute Gasteiger partial charge is 0.439 e. The fourth-order valence-electron chi connectivity index (χ4n) is 4.89. The number of fused-ring (bicyclic) bond motifs is 1. The van der Waals surface area contributed by atoms with Crippen molar-refractivity contribution in [2.75, 3.05) is 7.11 Å². The molecular formula is C30H33N7O4. The Morgan fingerprint density at radius 1 is 1.07 bits per heavy atom.